The summed E-state index contributed by atoms with van der Waals surface area (Å²) in [7, 11) is 0. The minimum absolute atomic E-state index is 0.279. The topological polar surface area (TPSA) is 55.1 Å². The van der Waals surface area contributed by atoms with Crippen molar-refractivity contribution in [2.45, 2.75) is 25.4 Å². The Kier molecular flexibility index (Phi) is 4.73. The third kappa shape index (κ3) is 3.76. The Morgan fingerprint density at radius 2 is 1.67 bits per heavy atom. The zero-order chi connectivity index (χ0) is 18.8. The van der Waals surface area contributed by atoms with Gasteiger partial charge in [0.15, 0.2) is 0 Å². The molecule has 0 aliphatic heterocycles. The molecule has 0 bridgehead atoms. The molecule has 0 saturated carbocycles. The van der Waals surface area contributed by atoms with Gasteiger partial charge in [-0.15, -0.1) is 0 Å². The molecule has 0 heterocycles. The van der Waals surface area contributed by atoms with E-state index in [-0.39, 0.29) is 5.82 Å². The summed E-state index contributed by atoms with van der Waals surface area (Å²) in [6, 6.07) is 20.8. The lowest BCUT2D eigenvalue weighted by Crippen LogP contribution is -2.28. The molecule has 0 saturated heterocycles. The van der Waals surface area contributed by atoms with Crippen LogP contribution in [0.3, 0.4) is 0 Å². The fraction of sp³-hybridized carbons (Fsp3) is 0.174. The molecular formula is C23H21FN2O. The molecule has 1 amide bonds. The van der Waals surface area contributed by atoms with Crippen LogP contribution in [0, 0.1) is 5.82 Å². The highest BCUT2D eigenvalue weighted by atomic mass is 19.1. The second-order valence-electron chi connectivity index (χ2n) is 7.01. The summed E-state index contributed by atoms with van der Waals surface area (Å²) in [4.78, 5) is 11.2. The highest BCUT2D eigenvalue weighted by molar-refractivity contribution is 5.93. The van der Waals surface area contributed by atoms with Crippen molar-refractivity contribution in [1.82, 2.24) is 5.32 Å². The molecule has 1 aliphatic carbocycles. The van der Waals surface area contributed by atoms with Gasteiger partial charge in [-0.3, -0.25) is 4.79 Å². The number of carbonyl (C=O) groups excluding carboxylic acids is 1. The van der Waals surface area contributed by atoms with Crippen molar-refractivity contribution in [2.75, 3.05) is 0 Å². The van der Waals surface area contributed by atoms with Gasteiger partial charge in [-0.05, 0) is 59.4 Å². The average Bonchev–Trinajstić information content (AvgIpc) is 3.10. The number of nitrogens with two attached hydrogens (primary N) is 1. The minimum atomic E-state index is -0.488. The van der Waals surface area contributed by atoms with Gasteiger partial charge in [0.1, 0.15) is 5.82 Å². The number of hydrogen-bond donors (Lipinski definition) is 2. The number of benzene rings is 3. The van der Waals surface area contributed by atoms with Gasteiger partial charge >= 0.3 is 0 Å². The Morgan fingerprint density at radius 3 is 2.30 bits per heavy atom. The first-order valence-electron chi connectivity index (χ1n) is 9.09. The summed E-state index contributed by atoms with van der Waals surface area (Å²) in [6.45, 7) is 0.686. The molecular weight excluding hydrogens is 339 g/mol. The number of nitrogens with one attached hydrogen (secondary N) is 1. The fourth-order valence-corrected chi connectivity index (χ4v) is 3.68. The molecule has 0 unspecified atom stereocenters. The lowest BCUT2D eigenvalue weighted by atomic mass is 10.0. The first-order chi connectivity index (χ1) is 13.1. The number of primary amides is 1. The number of fused-ring (bicyclic) bond motifs is 1. The molecule has 136 valence electrons. The first-order valence-corrected chi connectivity index (χ1v) is 9.09. The quantitative estimate of drug-likeness (QED) is 0.726. The van der Waals surface area contributed by atoms with Crippen LogP contribution in [0.2, 0.25) is 0 Å². The average molecular weight is 360 g/mol. The molecule has 0 aromatic heterocycles. The van der Waals surface area contributed by atoms with Crippen LogP contribution >= 0.6 is 0 Å². The molecule has 3 aromatic carbocycles. The maximum Gasteiger partial charge on any atom is 0.248 e. The molecule has 0 spiro atoms. The summed E-state index contributed by atoms with van der Waals surface area (Å²) in [6.07, 6.45) is 2.05. The summed E-state index contributed by atoms with van der Waals surface area (Å²) < 4.78 is 14.3. The Hall–Kier alpha value is -2.98. The highest BCUT2D eigenvalue weighted by Crippen LogP contribution is 2.25. The van der Waals surface area contributed by atoms with Crippen LogP contribution in [0.15, 0.2) is 66.7 Å². The van der Waals surface area contributed by atoms with Crippen LogP contribution in [0.5, 0.6) is 0 Å². The van der Waals surface area contributed by atoms with Crippen molar-refractivity contribution in [3.05, 3.63) is 94.8 Å². The van der Waals surface area contributed by atoms with E-state index in [1.807, 2.05) is 12.1 Å². The van der Waals surface area contributed by atoms with Gasteiger partial charge in [-0.1, -0.05) is 42.5 Å². The minimum Gasteiger partial charge on any atom is -0.366 e. The van der Waals surface area contributed by atoms with Crippen LogP contribution in [-0.4, -0.2) is 11.9 Å². The van der Waals surface area contributed by atoms with Crippen molar-refractivity contribution in [1.29, 1.82) is 0 Å². The molecule has 3 nitrogen and oxygen atoms in total. The van der Waals surface area contributed by atoms with Crippen LogP contribution in [0.4, 0.5) is 4.39 Å². The SMILES string of the molecule is NC(=O)c1ccc(-c2cc(CNC3Cc4ccccc4C3)ccc2F)cc1. The summed E-state index contributed by atoms with van der Waals surface area (Å²) in [5, 5.41) is 3.58. The van der Waals surface area contributed by atoms with E-state index in [4.69, 9.17) is 5.73 Å². The van der Waals surface area contributed by atoms with Gasteiger partial charge in [0.05, 0.1) is 0 Å². The van der Waals surface area contributed by atoms with Crippen molar-refractivity contribution >= 4 is 5.91 Å². The van der Waals surface area contributed by atoms with E-state index >= 15 is 0 Å². The Morgan fingerprint density at radius 1 is 1.00 bits per heavy atom. The van der Waals surface area contributed by atoms with Gasteiger partial charge < -0.3 is 11.1 Å². The zero-order valence-electron chi connectivity index (χ0n) is 14.9. The summed E-state index contributed by atoms with van der Waals surface area (Å²) in [5.74, 6) is -0.767. The maximum absolute atomic E-state index is 14.3. The normalized spacial score (nSPS) is 13.5. The van der Waals surface area contributed by atoms with Crippen LogP contribution in [0.25, 0.3) is 11.1 Å². The fourth-order valence-electron chi connectivity index (χ4n) is 3.68. The number of hydrogen-bond acceptors (Lipinski definition) is 2. The van der Waals surface area contributed by atoms with E-state index in [1.54, 1.807) is 24.3 Å². The molecule has 4 rings (SSSR count). The number of amides is 1. The first kappa shape index (κ1) is 17.4. The largest absolute Gasteiger partial charge is 0.366 e. The molecule has 1 aliphatic rings. The third-order valence-corrected chi connectivity index (χ3v) is 5.16. The molecule has 27 heavy (non-hydrogen) atoms. The monoisotopic (exact) mass is 360 g/mol. The van der Waals surface area contributed by atoms with Crippen molar-refractivity contribution in [2.24, 2.45) is 5.73 Å². The van der Waals surface area contributed by atoms with Crippen LogP contribution in [0.1, 0.15) is 27.0 Å². The van der Waals surface area contributed by atoms with Crippen molar-refractivity contribution in [3.8, 4) is 11.1 Å². The van der Waals surface area contributed by atoms with Crippen molar-refractivity contribution in [3.63, 3.8) is 0 Å². The summed E-state index contributed by atoms with van der Waals surface area (Å²) >= 11 is 0. The maximum atomic E-state index is 14.3. The lowest BCUT2D eigenvalue weighted by molar-refractivity contribution is 0.100. The van der Waals surface area contributed by atoms with Crippen LogP contribution < -0.4 is 11.1 Å². The smallest absolute Gasteiger partial charge is 0.248 e. The molecule has 0 atom stereocenters. The molecule has 4 heteroatoms. The predicted octanol–water partition coefficient (Wildman–Crippen LogP) is 3.85. The Bertz CT molecular complexity index is 957. The molecule has 3 aromatic rings. The Labute approximate surface area is 158 Å². The molecule has 0 radical (unpaired) electrons. The second-order valence-corrected chi connectivity index (χ2v) is 7.01. The van der Waals surface area contributed by atoms with E-state index in [1.165, 1.54) is 17.2 Å². The van der Waals surface area contributed by atoms with Gasteiger partial charge in [0.2, 0.25) is 5.91 Å². The lowest BCUT2D eigenvalue weighted by Gasteiger charge is -2.13. The van der Waals surface area contributed by atoms with Gasteiger partial charge in [-0.2, -0.15) is 0 Å². The van der Waals surface area contributed by atoms with Gasteiger partial charge in [-0.25, -0.2) is 4.39 Å². The number of halogens is 1. The molecule has 0 fully saturated rings. The zero-order valence-corrected chi connectivity index (χ0v) is 14.9. The number of rotatable bonds is 5. The Balaban J connectivity index is 1.47. The predicted molar refractivity (Wildman–Crippen MR) is 105 cm³/mol. The van der Waals surface area contributed by atoms with Gasteiger partial charge in [0.25, 0.3) is 0 Å². The van der Waals surface area contributed by atoms with E-state index in [0.717, 1.165) is 24.0 Å². The second kappa shape index (κ2) is 7.33. The third-order valence-electron chi connectivity index (χ3n) is 5.16. The van der Waals surface area contributed by atoms with E-state index in [2.05, 4.69) is 29.6 Å². The van der Waals surface area contributed by atoms with E-state index in [9.17, 15) is 9.18 Å². The molecule has 3 N–H and O–H groups in total. The van der Waals surface area contributed by atoms with E-state index in [0.29, 0.717) is 23.7 Å². The standard InChI is InChI=1S/C23H21FN2O/c24-22-10-5-15(11-21(22)16-6-8-17(9-7-16)23(25)27)14-26-20-12-18-3-1-2-4-19(18)13-20/h1-11,20,26H,12-14H2,(H2,25,27). The highest BCUT2D eigenvalue weighted by Gasteiger charge is 2.20. The van der Waals surface area contributed by atoms with Gasteiger partial charge in [0, 0.05) is 23.7 Å². The summed E-state index contributed by atoms with van der Waals surface area (Å²) in [5.41, 5.74) is 10.8. The van der Waals surface area contributed by atoms with Crippen LogP contribution in [-0.2, 0) is 19.4 Å². The van der Waals surface area contributed by atoms with E-state index < -0.39 is 5.91 Å². The van der Waals surface area contributed by atoms with Crippen molar-refractivity contribution < 1.29 is 9.18 Å². The number of carbonyl (C=O) groups is 1.